The van der Waals surface area contributed by atoms with Gasteiger partial charge in [0.25, 0.3) is 0 Å². The zero-order valence-corrected chi connectivity index (χ0v) is 10.9. The number of rotatable bonds is 1. The number of aromatic nitrogens is 2. The summed E-state index contributed by atoms with van der Waals surface area (Å²) in [5, 5.41) is 0. The highest BCUT2D eigenvalue weighted by Crippen LogP contribution is 2.29. The molecular weight excluding hydrogens is 228 g/mol. The Bertz CT molecular complexity index is 449. The number of nitrogen functional groups attached to an aromatic ring is 1. The summed E-state index contributed by atoms with van der Waals surface area (Å²) >= 11 is 0. The largest absolute Gasteiger partial charge is 0.375 e. The van der Waals surface area contributed by atoms with Crippen LogP contribution in [0.2, 0.25) is 0 Å². The van der Waals surface area contributed by atoms with Gasteiger partial charge in [0.05, 0.1) is 18.4 Å². The van der Waals surface area contributed by atoms with Crippen LogP contribution in [-0.4, -0.2) is 35.8 Å². The molecule has 1 saturated heterocycles. The molecule has 1 aromatic rings. The molecule has 2 aliphatic rings. The molecule has 3 rings (SSSR count). The molecule has 2 heterocycles. The van der Waals surface area contributed by atoms with Crippen molar-refractivity contribution in [3.63, 3.8) is 0 Å². The van der Waals surface area contributed by atoms with Crippen LogP contribution in [0, 0.1) is 0 Å². The Balaban J connectivity index is 1.97. The zero-order valence-electron chi connectivity index (χ0n) is 10.9. The third kappa shape index (κ3) is 2.14. The molecule has 5 heteroatoms. The molecule has 0 spiro atoms. The molecule has 1 unspecified atom stereocenters. The van der Waals surface area contributed by atoms with Crippen LogP contribution in [0.25, 0.3) is 0 Å². The van der Waals surface area contributed by atoms with Crippen LogP contribution >= 0.6 is 0 Å². The van der Waals surface area contributed by atoms with Crippen molar-refractivity contribution in [2.24, 2.45) is 0 Å². The monoisotopic (exact) mass is 248 g/mol. The normalized spacial score (nSPS) is 23.8. The van der Waals surface area contributed by atoms with Gasteiger partial charge >= 0.3 is 0 Å². The maximum absolute atomic E-state index is 5.84. The van der Waals surface area contributed by atoms with Gasteiger partial charge in [-0.2, -0.15) is 4.98 Å². The summed E-state index contributed by atoms with van der Waals surface area (Å²) in [6.45, 7) is 4.65. The summed E-state index contributed by atoms with van der Waals surface area (Å²) < 4.78 is 5.59. The third-order valence-electron chi connectivity index (χ3n) is 3.72. The van der Waals surface area contributed by atoms with Gasteiger partial charge in [-0.05, 0) is 32.6 Å². The molecule has 18 heavy (non-hydrogen) atoms. The number of nitrogens with zero attached hydrogens (tertiary/aromatic N) is 3. The van der Waals surface area contributed by atoms with E-state index in [-0.39, 0.29) is 6.10 Å². The summed E-state index contributed by atoms with van der Waals surface area (Å²) in [6.07, 6.45) is 4.82. The van der Waals surface area contributed by atoms with Crippen molar-refractivity contribution >= 4 is 11.8 Å². The number of morpholine rings is 1. The summed E-state index contributed by atoms with van der Waals surface area (Å²) in [5.74, 6) is 1.46. The van der Waals surface area contributed by atoms with Gasteiger partial charge in [0.15, 0.2) is 0 Å². The maximum Gasteiger partial charge on any atom is 0.222 e. The van der Waals surface area contributed by atoms with E-state index in [2.05, 4.69) is 21.8 Å². The fraction of sp³-hybridized carbons (Fsp3) is 0.692. The molecule has 1 fully saturated rings. The van der Waals surface area contributed by atoms with Gasteiger partial charge in [0, 0.05) is 18.7 Å². The van der Waals surface area contributed by atoms with Crippen molar-refractivity contribution in [1.29, 1.82) is 0 Å². The Morgan fingerprint density at radius 2 is 2.11 bits per heavy atom. The number of ether oxygens (including phenoxy) is 1. The summed E-state index contributed by atoms with van der Waals surface area (Å²) in [5.41, 5.74) is 8.31. The van der Waals surface area contributed by atoms with Crippen molar-refractivity contribution in [1.82, 2.24) is 9.97 Å². The highest BCUT2D eigenvalue weighted by Gasteiger charge is 2.24. The number of aryl methyl sites for hydroxylation is 1. The van der Waals surface area contributed by atoms with Crippen LogP contribution < -0.4 is 10.6 Å². The predicted molar refractivity (Wildman–Crippen MR) is 70.7 cm³/mol. The van der Waals surface area contributed by atoms with Gasteiger partial charge in [-0.15, -0.1) is 0 Å². The van der Waals surface area contributed by atoms with Crippen LogP contribution in [0.4, 0.5) is 11.8 Å². The first-order valence-corrected chi connectivity index (χ1v) is 6.76. The number of fused-ring (bicyclic) bond motifs is 1. The molecule has 1 atom stereocenters. The highest BCUT2D eigenvalue weighted by molar-refractivity contribution is 5.53. The van der Waals surface area contributed by atoms with Gasteiger partial charge in [-0.25, -0.2) is 4.98 Å². The van der Waals surface area contributed by atoms with E-state index in [4.69, 9.17) is 10.5 Å². The summed E-state index contributed by atoms with van der Waals surface area (Å²) in [4.78, 5) is 11.2. The predicted octanol–water partition coefficient (Wildman–Crippen LogP) is 1.16. The molecule has 0 aromatic carbocycles. The minimum atomic E-state index is 0.259. The van der Waals surface area contributed by atoms with E-state index >= 15 is 0 Å². The van der Waals surface area contributed by atoms with E-state index in [1.807, 2.05) is 0 Å². The topological polar surface area (TPSA) is 64.3 Å². The second kappa shape index (κ2) is 4.72. The molecular formula is C13H20N4O. The average Bonchev–Trinajstić information content (AvgIpc) is 2.37. The van der Waals surface area contributed by atoms with Gasteiger partial charge in [-0.1, -0.05) is 0 Å². The summed E-state index contributed by atoms with van der Waals surface area (Å²) in [7, 11) is 0. The molecule has 0 amide bonds. The van der Waals surface area contributed by atoms with Crippen LogP contribution in [0.15, 0.2) is 0 Å². The Labute approximate surface area is 107 Å². The first-order valence-electron chi connectivity index (χ1n) is 6.76. The second-order valence-electron chi connectivity index (χ2n) is 5.17. The Morgan fingerprint density at radius 1 is 1.28 bits per heavy atom. The molecule has 1 aromatic heterocycles. The van der Waals surface area contributed by atoms with Crippen molar-refractivity contribution in [3.05, 3.63) is 11.3 Å². The number of anilines is 2. The molecule has 5 nitrogen and oxygen atoms in total. The van der Waals surface area contributed by atoms with E-state index in [0.29, 0.717) is 5.95 Å². The standard InChI is InChI=1S/C13H20N4O/c1-9-8-17(6-7-18-9)12-10-4-2-3-5-11(10)15-13(14)16-12/h9H,2-8H2,1H3,(H2,14,15,16). The van der Waals surface area contributed by atoms with Gasteiger partial charge < -0.3 is 15.4 Å². The fourth-order valence-electron chi connectivity index (χ4n) is 2.87. The Morgan fingerprint density at radius 3 is 2.94 bits per heavy atom. The average molecular weight is 248 g/mol. The van der Waals surface area contributed by atoms with Crippen LogP contribution in [0.5, 0.6) is 0 Å². The molecule has 2 N–H and O–H groups in total. The first kappa shape index (κ1) is 11.7. The van der Waals surface area contributed by atoms with Gasteiger partial charge in [0.1, 0.15) is 5.82 Å². The Kier molecular flexibility index (Phi) is 3.07. The SMILES string of the molecule is CC1CN(c2nc(N)nc3c2CCCC3)CCO1. The number of hydrogen-bond acceptors (Lipinski definition) is 5. The highest BCUT2D eigenvalue weighted by atomic mass is 16.5. The van der Waals surface area contributed by atoms with E-state index in [1.54, 1.807) is 0 Å². The van der Waals surface area contributed by atoms with Crippen molar-refractivity contribution in [2.45, 2.75) is 38.7 Å². The summed E-state index contributed by atoms with van der Waals surface area (Å²) in [6, 6.07) is 0. The third-order valence-corrected chi connectivity index (χ3v) is 3.72. The van der Waals surface area contributed by atoms with Gasteiger partial charge in [0.2, 0.25) is 5.95 Å². The molecule has 0 radical (unpaired) electrons. The van der Waals surface area contributed by atoms with Gasteiger partial charge in [-0.3, -0.25) is 0 Å². The zero-order chi connectivity index (χ0) is 12.5. The molecule has 1 aliphatic heterocycles. The van der Waals surface area contributed by atoms with Crippen LogP contribution in [0.3, 0.4) is 0 Å². The van der Waals surface area contributed by atoms with Crippen LogP contribution in [0.1, 0.15) is 31.0 Å². The smallest absolute Gasteiger partial charge is 0.222 e. The van der Waals surface area contributed by atoms with Crippen molar-refractivity contribution < 1.29 is 4.74 Å². The lowest BCUT2D eigenvalue weighted by Crippen LogP contribution is -2.42. The van der Waals surface area contributed by atoms with Crippen molar-refractivity contribution in [3.8, 4) is 0 Å². The number of nitrogens with two attached hydrogens (primary N) is 1. The Hall–Kier alpha value is -1.36. The van der Waals surface area contributed by atoms with Crippen molar-refractivity contribution in [2.75, 3.05) is 30.3 Å². The van der Waals surface area contributed by atoms with E-state index in [0.717, 1.165) is 44.0 Å². The first-order chi connectivity index (χ1) is 8.74. The fourth-order valence-corrected chi connectivity index (χ4v) is 2.87. The molecule has 0 bridgehead atoms. The lowest BCUT2D eigenvalue weighted by molar-refractivity contribution is 0.0528. The minimum Gasteiger partial charge on any atom is -0.375 e. The van der Waals surface area contributed by atoms with Crippen LogP contribution in [-0.2, 0) is 17.6 Å². The van der Waals surface area contributed by atoms with E-state index in [9.17, 15) is 0 Å². The second-order valence-corrected chi connectivity index (χ2v) is 5.17. The van der Waals surface area contributed by atoms with E-state index < -0.39 is 0 Å². The lowest BCUT2D eigenvalue weighted by atomic mass is 9.96. The lowest BCUT2D eigenvalue weighted by Gasteiger charge is -2.34. The van der Waals surface area contributed by atoms with E-state index in [1.165, 1.54) is 18.4 Å². The number of hydrogen-bond donors (Lipinski definition) is 1. The minimum absolute atomic E-state index is 0.259. The molecule has 98 valence electrons. The quantitative estimate of drug-likeness (QED) is 0.808. The molecule has 0 saturated carbocycles. The molecule has 1 aliphatic carbocycles. The maximum atomic E-state index is 5.84.